The van der Waals surface area contributed by atoms with Crippen molar-refractivity contribution in [2.24, 2.45) is 0 Å². The molecule has 0 saturated carbocycles. The minimum atomic E-state index is -3.79. The lowest BCUT2D eigenvalue weighted by atomic mass is 10.2. The van der Waals surface area contributed by atoms with Crippen molar-refractivity contribution < 1.29 is 13.2 Å². The molecule has 8 heteroatoms. The third-order valence-corrected chi connectivity index (χ3v) is 5.31. The van der Waals surface area contributed by atoms with E-state index in [1.54, 1.807) is 12.1 Å². The van der Waals surface area contributed by atoms with Gasteiger partial charge in [-0.25, -0.2) is 8.42 Å². The van der Waals surface area contributed by atoms with E-state index in [2.05, 4.69) is 31.9 Å². The van der Waals surface area contributed by atoms with Crippen molar-refractivity contribution in [3.8, 4) is 5.75 Å². The summed E-state index contributed by atoms with van der Waals surface area (Å²) in [6.45, 7) is 0.321. The van der Waals surface area contributed by atoms with Crippen molar-refractivity contribution in [3.05, 3.63) is 55.9 Å². The van der Waals surface area contributed by atoms with Gasteiger partial charge in [-0.2, -0.15) is 0 Å². The van der Waals surface area contributed by atoms with Crippen molar-refractivity contribution in [1.82, 2.24) is 0 Å². The maximum absolute atomic E-state index is 11.3. The average Bonchev–Trinajstić information content (AvgIpc) is 2.38. The molecule has 0 saturated heterocycles. The SMILES string of the molecule is O=S(=O)(Cl)c1cc(Br)c(OCc2ccc(Cl)cc2)c(Br)c1. The standard InChI is InChI=1S/C13H8Br2Cl2O3S/c14-11-5-10(21(17,18)19)6-12(15)13(11)20-7-8-1-3-9(16)4-2-8/h1-6H,7H2. The monoisotopic (exact) mass is 472 g/mol. The fourth-order valence-corrected chi connectivity index (χ4v) is 4.18. The van der Waals surface area contributed by atoms with Crippen LogP contribution in [0.4, 0.5) is 0 Å². The van der Waals surface area contributed by atoms with E-state index in [0.29, 0.717) is 26.3 Å². The van der Waals surface area contributed by atoms with Gasteiger partial charge >= 0.3 is 0 Å². The second kappa shape index (κ2) is 6.87. The number of hydrogen-bond acceptors (Lipinski definition) is 3. The molecule has 2 aromatic carbocycles. The van der Waals surface area contributed by atoms with Crippen molar-refractivity contribution in [1.29, 1.82) is 0 Å². The molecule has 3 nitrogen and oxygen atoms in total. The van der Waals surface area contributed by atoms with Crippen LogP contribution in [0.3, 0.4) is 0 Å². The molecule has 0 bridgehead atoms. The first-order valence-corrected chi connectivity index (χ1v) is 9.85. The quantitative estimate of drug-likeness (QED) is 0.559. The van der Waals surface area contributed by atoms with Gasteiger partial charge in [0.15, 0.2) is 0 Å². The van der Waals surface area contributed by atoms with E-state index in [-0.39, 0.29) is 4.90 Å². The Morgan fingerprint density at radius 2 is 1.57 bits per heavy atom. The summed E-state index contributed by atoms with van der Waals surface area (Å²) in [4.78, 5) is -0.0123. The first-order valence-electron chi connectivity index (χ1n) is 5.58. The first kappa shape index (κ1) is 17.1. The van der Waals surface area contributed by atoms with E-state index in [0.717, 1.165) is 5.56 Å². The van der Waals surface area contributed by atoms with E-state index >= 15 is 0 Å². The van der Waals surface area contributed by atoms with Crippen LogP contribution in [0, 0.1) is 0 Å². The van der Waals surface area contributed by atoms with Crippen LogP contribution in [0.15, 0.2) is 50.2 Å². The third-order valence-electron chi connectivity index (χ3n) is 2.55. The highest BCUT2D eigenvalue weighted by Crippen LogP contribution is 2.37. The number of benzene rings is 2. The van der Waals surface area contributed by atoms with Gasteiger partial charge in [0.1, 0.15) is 12.4 Å². The van der Waals surface area contributed by atoms with Crippen LogP contribution in [0.1, 0.15) is 5.56 Å². The van der Waals surface area contributed by atoms with Gasteiger partial charge in [0.05, 0.1) is 13.8 Å². The van der Waals surface area contributed by atoms with Gasteiger partial charge in [-0.1, -0.05) is 23.7 Å². The minimum absolute atomic E-state index is 0.0123. The topological polar surface area (TPSA) is 43.4 Å². The molecule has 112 valence electrons. The van der Waals surface area contributed by atoms with Crippen LogP contribution in [0.25, 0.3) is 0 Å². The minimum Gasteiger partial charge on any atom is -0.487 e. The molecule has 0 radical (unpaired) electrons. The van der Waals surface area contributed by atoms with Crippen LogP contribution in [0.5, 0.6) is 5.75 Å². The van der Waals surface area contributed by atoms with Crippen molar-refractivity contribution in [3.63, 3.8) is 0 Å². The van der Waals surface area contributed by atoms with E-state index in [9.17, 15) is 8.42 Å². The first-order chi connectivity index (χ1) is 9.77. The van der Waals surface area contributed by atoms with Crippen LogP contribution in [-0.2, 0) is 15.7 Å². The Balaban J connectivity index is 2.23. The maximum Gasteiger partial charge on any atom is 0.261 e. The lowest BCUT2D eigenvalue weighted by molar-refractivity contribution is 0.302. The highest BCUT2D eigenvalue weighted by Gasteiger charge is 2.16. The van der Waals surface area contributed by atoms with Crippen LogP contribution in [-0.4, -0.2) is 8.42 Å². The van der Waals surface area contributed by atoms with Crippen LogP contribution >= 0.6 is 54.1 Å². The molecule has 0 aliphatic heterocycles. The van der Waals surface area contributed by atoms with Crippen LogP contribution in [0.2, 0.25) is 5.02 Å². The number of ether oxygens (including phenoxy) is 1. The summed E-state index contributed by atoms with van der Waals surface area (Å²) in [5.74, 6) is 0.494. The Morgan fingerprint density at radius 3 is 2.05 bits per heavy atom. The summed E-state index contributed by atoms with van der Waals surface area (Å²) in [6, 6.07) is 10.0. The summed E-state index contributed by atoms with van der Waals surface area (Å²) in [5, 5.41) is 0.651. The molecule has 2 rings (SSSR count). The van der Waals surface area contributed by atoms with Gasteiger partial charge in [-0.05, 0) is 61.7 Å². The molecule has 0 fully saturated rings. The average molecular weight is 475 g/mol. The van der Waals surface area contributed by atoms with E-state index in [4.69, 9.17) is 27.0 Å². The van der Waals surface area contributed by atoms with Gasteiger partial charge < -0.3 is 4.74 Å². The second-order valence-electron chi connectivity index (χ2n) is 4.07. The zero-order valence-electron chi connectivity index (χ0n) is 10.3. The lowest BCUT2D eigenvalue weighted by Crippen LogP contribution is -1.98. The number of rotatable bonds is 4. The van der Waals surface area contributed by atoms with Crippen molar-refractivity contribution in [2.45, 2.75) is 11.5 Å². The Hall–Kier alpha value is -0.270. The number of hydrogen-bond donors (Lipinski definition) is 0. The number of halogens is 4. The molecule has 0 heterocycles. The summed E-state index contributed by atoms with van der Waals surface area (Å²) in [7, 11) is 1.53. The van der Waals surface area contributed by atoms with E-state index < -0.39 is 9.05 Å². The summed E-state index contributed by atoms with van der Waals surface area (Å²) in [6.07, 6.45) is 0. The Morgan fingerprint density at radius 1 is 1.05 bits per heavy atom. The van der Waals surface area contributed by atoms with Crippen LogP contribution < -0.4 is 4.74 Å². The summed E-state index contributed by atoms with van der Waals surface area (Å²) < 4.78 is 29.3. The predicted molar refractivity (Wildman–Crippen MR) is 90.7 cm³/mol. The van der Waals surface area contributed by atoms with E-state index in [1.165, 1.54) is 12.1 Å². The molecule has 0 aliphatic carbocycles. The molecule has 0 spiro atoms. The smallest absolute Gasteiger partial charge is 0.261 e. The summed E-state index contributed by atoms with van der Waals surface area (Å²) >= 11 is 12.4. The van der Waals surface area contributed by atoms with Gasteiger partial charge in [-0.3, -0.25) is 0 Å². The summed E-state index contributed by atoms with van der Waals surface area (Å²) in [5.41, 5.74) is 0.937. The largest absolute Gasteiger partial charge is 0.487 e. The third kappa shape index (κ3) is 4.60. The molecule has 0 aliphatic rings. The molecule has 21 heavy (non-hydrogen) atoms. The van der Waals surface area contributed by atoms with Crippen molar-refractivity contribution in [2.75, 3.05) is 0 Å². The molecule has 0 atom stereocenters. The van der Waals surface area contributed by atoms with Gasteiger partial charge in [0.2, 0.25) is 0 Å². The Kier molecular flexibility index (Phi) is 5.59. The zero-order valence-corrected chi connectivity index (χ0v) is 15.8. The maximum atomic E-state index is 11.3. The van der Waals surface area contributed by atoms with E-state index in [1.807, 2.05) is 12.1 Å². The fraction of sp³-hybridized carbons (Fsp3) is 0.0769. The molecular formula is C13H8Br2Cl2O3S. The van der Waals surface area contributed by atoms with Gasteiger partial charge in [0.25, 0.3) is 9.05 Å². The zero-order chi connectivity index (χ0) is 15.6. The Labute approximate surface area is 148 Å². The van der Waals surface area contributed by atoms with Gasteiger partial charge in [-0.15, -0.1) is 0 Å². The second-order valence-corrected chi connectivity index (χ2v) is 8.78. The highest BCUT2D eigenvalue weighted by atomic mass is 79.9. The molecule has 0 N–H and O–H groups in total. The predicted octanol–water partition coefficient (Wildman–Crippen LogP) is 5.37. The Bertz CT molecular complexity index is 738. The van der Waals surface area contributed by atoms with Gasteiger partial charge in [0, 0.05) is 15.7 Å². The van der Waals surface area contributed by atoms with Crippen molar-refractivity contribution >= 4 is 63.2 Å². The molecule has 2 aromatic rings. The molecular weight excluding hydrogens is 467 g/mol. The molecule has 0 amide bonds. The fourth-order valence-electron chi connectivity index (χ4n) is 1.55. The molecule has 0 aromatic heterocycles. The lowest BCUT2D eigenvalue weighted by Gasteiger charge is -2.11. The normalized spacial score (nSPS) is 11.4. The molecule has 0 unspecified atom stereocenters. The highest BCUT2D eigenvalue weighted by molar-refractivity contribution is 9.11.